The lowest BCUT2D eigenvalue weighted by Crippen LogP contribution is -2.42. The fraction of sp³-hybridized carbons (Fsp3) is 0.385. The van der Waals surface area contributed by atoms with E-state index in [-0.39, 0.29) is 22.4 Å². The van der Waals surface area contributed by atoms with Crippen molar-refractivity contribution in [2.75, 3.05) is 5.75 Å². The van der Waals surface area contributed by atoms with Gasteiger partial charge in [0.2, 0.25) is 0 Å². The quantitative estimate of drug-likeness (QED) is 0.119. The molecule has 0 spiro atoms. The second-order valence-corrected chi connectivity index (χ2v) is 16.8. The van der Waals surface area contributed by atoms with E-state index in [1.807, 2.05) is 76.2 Å². The Bertz CT molecular complexity index is 1950. The Balaban J connectivity index is 0.000000250. The first kappa shape index (κ1) is 36.3. The summed E-state index contributed by atoms with van der Waals surface area (Å²) >= 11 is 11.0. The van der Waals surface area contributed by atoms with Crippen LogP contribution < -0.4 is 0 Å². The topological polar surface area (TPSA) is 105 Å². The molecule has 48 heavy (non-hydrogen) atoms. The maximum Gasteiger partial charge on any atom is 0.265 e. The SMILES string of the molecule is CC(C)(O)c1ccccc1CC[C@@H](S)c1cccc(/C=C/c2ccc3ccc(Cl)cc3n2)c1.CC1(C)C2CCC1(CS(=O)(=O)O)C(=O)C2. The molecule has 4 aromatic rings. The third kappa shape index (κ3) is 8.06. The number of Topliss-reactive ketones (excluding diaryl/α,β-unsaturated/α-hetero) is 1. The summed E-state index contributed by atoms with van der Waals surface area (Å²) in [5.74, 6) is -0.101. The summed E-state index contributed by atoms with van der Waals surface area (Å²) in [6, 6.07) is 26.4. The molecule has 2 bridgehead atoms. The zero-order valence-electron chi connectivity index (χ0n) is 27.9. The van der Waals surface area contributed by atoms with E-state index in [0.717, 1.165) is 47.0 Å². The van der Waals surface area contributed by atoms with Gasteiger partial charge in [-0.2, -0.15) is 21.0 Å². The van der Waals surface area contributed by atoms with Gasteiger partial charge in [-0.1, -0.05) is 92.2 Å². The Morgan fingerprint density at radius 3 is 2.44 bits per heavy atom. The molecule has 6 rings (SSSR count). The molecule has 254 valence electrons. The van der Waals surface area contributed by atoms with Crippen molar-refractivity contribution in [1.82, 2.24) is 4.98 Å². The Kier molecular flexibility index (Phi) is 10.6. The number of nitrogens with zero attached hydrogens (tertiary/aromatic N) is 1. The number of rotatable bonds is 9. The molecular formula is C39H44ClNO5S2. The van der Waals surface area contributed by atoms with Crippen molar-refractivity contribution in [2.24, 2.45) is 16.7 Å². The lowest BCUT2D eigenvalue weighted by Gasteiger charge is -2.35. The van der Waals surface area contributed by atoms with Crippen molar-refractivity contribution in [1.29, 1.82) is 0 Å². The van der Waals surface area contributed by atoms with Crippen LogP contribution in [0.2, 0.25) is 5.02 Å². The molecule has 0 amide bonds. The summed E-state index contributed by atoms with van der Waals surface area (Å²) in [6.07, 6.45) is 7.81. The van der Waals surface area contributed by atoms with Gasteiger partial charge in [-0.3, -0.25) is 9.35 Å². The van der Waals surface area contributed by atoms with Crippen LogP contribution in [0.15, 0.2) is 78.9 Å². The fourth-order valence-corrected chi connectivity index (χ4v) is 9.22. The lowest BCUT2D eigenvalue weighted by atomic mass is 9.70. The summed E-state index contributed by atoms with van der Waals surface area (Å²) < 4.78 is 31.0. The van der Waals surface area contributed by atoms with E-state index in [4.69, 9.17) is 33.8 Å². The van der Waals surface area contributed by atoms with Gasteiger partial charge in [-0.05, 0) is 97.4 Å². The molecule has 3 atom stereocenters. The number of aryl methyl sites for hydroxylation is 1. The average molecular weight is 706 g/mol. The van der Waals surface area contributed by atoms with Gasteiger partial charge in [0.1, 0.15) is 5.78 Å². The minimum absolute atomic E-state index is 0.0152. The van der Waals surface area contributed by atoms with Crippen molar-refractivity contribution >= 4 is 63.2 Å². The second kappa shape index (κ2) is 14.1. The highest BCUT2D eigenvalue weighted by molar-refractivity contribution is 7.85. The number of pyridine rings is 1. The number of thiol groups is 1. The summed E-state index contributed by atoms with van der Waals surface area (Å²) in [6.45, 7) is 7.55. The number of fused-ring (bicyclic) bond motifs is 3. The van der Waals surface area contributed by atoms with E-state index in [0.29, 0.717) is 17.9 Å². The van der Waals surface area contributed by atoms with Crippen LogP contribution in [-0.4, -0.2) is 34.6 Å². The number of hydrogen-bond acceptors (Lipinski definition) is 6. The van der Waals surface area contributed by atoms with E-state index in [9.17, 15) is 18.3 Å². The number of ketones is 1. The van der Waals surface area contributed by atoms with Crippen molar-refractivity contribution in [3.05, 3.63) is 112 Å². The van der Waals surface area contributed by atoms with Gasteiger partial charge >= 0.3 is 0 Å². The monoisotopic (exact) mass is 705 g/mol. The van der Waals surface area contributed by atoms with Crippen LogP contribution in [0.3, 0.4) is 0 Å². The van der Waals surface area contributed by atoms with E-state index in [1.54, 1.807) is 0 Å². The van der Waals surface area contributed by atoms with E-state index >= 15 is 0 Å². The zero-order valence-corrected chi connectivity index (χ0v) is 30.3. The van der Waals surface area contributed by atoms with Crippen molar-refractivity contribution in [2.45, 2.75) is 70.7 Å². The van der Waals surface area contributed by atoms with Crippen LogP contribution in [0.4, 0.5) is 0 Å². The molecular weight excluding hydrogens is 662 g/mol. The van der Waals surface area contributed by atoms with Crippen LogP contribution in [0.5, 0.6) is 0 Å². The predicted molar refractivity (Wildman–Crippen MR) is 199 cm³/mol. The Morgan fingerprint density at radius 2 is 1.77 bits per heavy atom. The molecule has 1 heterocycles. The summed E-state index contributed by atoms with van der Waals surface area (Å²) in [4.78, 5) is 16.6. The summed E-state index contributed by atoms with van der Waals surface area (Å²) in [5.41, 5.74) is 4.24. The van der Waals surface area contributed by atoms with Crippen LogP contribution >= 0.6 is 24.2 Å². The predicted octanol–water partition coefficient (Wildman–Crippen LogP) is 9.16. The molecule has 1 aromatic heterocycles. The largest absolute Gasteiger partial charge is 0.386 e. The highest BCUT2D eigenvalue weighted by Gasteiger charge is 2.65. The smallest absolute Gasteiger partial charge is 0.265 e. The molecule has 2 aliphatic rings. The maximum absolute atomic E-state index is 11.9. The molecule has 6 nitrogen and oxygen atoms in total. The number of benzene rings is 3. The van der Waals surface area contributed by atoms with Gasteiger partial charge in [0.05, 0.1) is 28.0 Å². The number of carbonyl (C=O) groups excluding carboxylic acids is 1. The first-order valence-electron chi connectivity index (χ1n) is 16.3. The number of aliphatic hydroxyl groups is 1. The summed E-state index contributed by atoms with van der Waals surface area (Å²) in [5, 5.41) is 12.3. The van der Waals surface area contributed by atoms with E-state index < -0.39 is 26.9 Å². The van der Waals surface area contributed by atoms with Crippen molar-refractivity contribution in [3.63, 3.8) is 0 Å². The van der Waals surface area contributed by atoms with Gasteiger partial charge in [0, 0.05) is 22.1 Å². The molecule has 0 aliphatic heterocycles. The summed E-state index contributed by atoms with van der Waals surface area (Å²) in [7, 11) is -4.08. The van der Waals surface area contributed by atoms with Crippen LogP contribution in [0.1, 0.15) is 86.6 Å². The van der Waals surface area contributed by atoms with Crippen LogP contribution in [-0.2, 0) is 26.9 Å². The third-order valence-electron chi connectivity index (χ3n) is 10.3. The number of aromatic nitrogens is 1. The number of hydrogen-bond donors (Lipinski definition) is 3. The molecule has 0 saturated heterocycles. The second-order valence-electron chi connectivity index (χ2n) is 14.2. The number of carbonyl (C=O) groups is 1. The molecule has 3 aromatic carbocycles. The minimum Gasteiger partial charge on any atom is -0.386 e. The fourth-order valence-electron chi connectivity index (χ4n) is 7.46. The Hall–Kier alpha value is -3.01. The zero-order chi connectivity index (χ0) is 34.9. The third-order valence-corrected chi connectivity index (χ3v) is 12.0. The molecule has 2 aliphatic carbocycles. The average Bonchev–Trinajstić information content (AvgIpc) is 3.36. The molecule has 2 unspecified atom stereocenters. The van der Waals surface area contributed by atoms with Gasteiger partial charge in [0.25, 0.3) is 10.1 Å². The van der Waals surface area contributed by atoms with E-state index in [2.05, 4.69) is 42.5 Å². The molecule has 9 heteroatoms. The first-order valence-corrected chi connectivity index (χ1v) is 18.8. The van der Waals surface area contributed by atoms with E-state index in [1.165, 1.54) is 11.1 Å². The van der Waals surface area contributed by atoms with Gasteiger partial charge in [0.15, 0.2) is 0 Å². The molecule has 2 saturated carbocycles. The van der Waals surface area contributed by atoms with Gasteiger partial charge in [-0.15, -0.1) is 0 Å². The minimum atomic E-state index is -4.08. The molecule has 0 radical (unpaired) electrons. The number of halogens is 1. The van der Waals surface area contributed by atoms with Crippen LogP contribution in [0, 0.1) is 16.7 Å². The van der Waals surface area contributed by atoms with Crippen molar-refractivity contribution < 1.29 is 22.9 Å². The van der Waals surface area contributed by atoms with Crippen LogP contribution in [0.25, 0.3) is 23.1 Å². The Morgan fingerprint density at radius 1 is 1.04 bits per heavy atom. The van der Waals surface area contributed by atoms with Crippen molar-refractivity contribution in [3.8, 4) is 0 Å². The normalized spacial score (nSPS) is 21.0. The molecule has 2 fully saturated rings. The standard InChI is InChI=1S/C29H28ClNOS.C10H16O4S/c1-29(2,32)26-9-4-3-7-21(26)13-17-28(33)23-8-5-6-20(18-23)10-15-25-16-12-22-11-14-24(30)19-27(22)31-25;1-9(2)7-3-4-10(9,8(11)5-7)6-15(12,13)14/h3-12,14-16,18-19,28,32-33H,13,17H2,1-2H3;7H,3-6H2,1-2H3,(H,12,13,14)/b15-10+;/t28-;/m1./s1. The molecule has 2 N–H and O–H groups in total. The maximum atomic E-state index is 11.9. The van der Waals surface area contributed by atoms with Gasteiger partial charge in [-0.25, -0.2) is 4.98 Å². The van der Waals surface area contributed by atoms with Gasteiger partial charge < -0.3 is 5.11 Å². The Labute approximate surface area is 294 Å². The highest BCUT2D eigenvalue weighted by Crippen LogP contribution is 2.64. The lowest BCUT2D eigenvalue weighted by molar-refractivity contribution is -0.128. The first-order chi connectivity index (χ1) is 22.5. The highest BCUT2D eigenvalue weighted by atomic mass is 35.5.